The lowest BCUT2D eigenvalue weighted by Gasteiger charge is -2.36. The number of aryl methyl sites for hydroxylation is 1. The van der Waals surface area contributed by atoms with Gasteiger partial charge in [0.15, 0.2) is 0 Å². The molecule has 4 nitrogen and oxygen atoms in total. The zero-order valence-electron chi connectivity index (χ0n) is 14.1. The van der Waals surface area contributed by atoms with Gasteiger partial charge >= 0.3 is 0 Å². The summed E-state index contributed by atoms with van der Waals surface area (Å²) in [6.45, 7) is 10.6. The number of aromatic nitrogens is 2. The molecule has 0 N–H and O–H groups in total. The van der Waals surface area contributed by atoms with Gasteiger partial charge in [-0.25, -0.2) is 0 Å². The van der Waals surface area contributed by atoms with Gasteiger partial charge in [-0.1, -0.05) is 6.42 Å². The van der Waals surface area contributed by atoms with Gasteiger partial charge in [0.2, 0.25) is 0 Å². The van der Waals surface area contributed by atoms with Crippen LogP contribution in [-0.2, 0) is 6.54 Å². The third kappa shape index (κ3) is 4.49. The Morgan fingerprint density at radius 2 is 1.91 bits per heavy atom. The zero-order chi connectivity index (χ0) is 15.4. The van der Waals surface area contributed by atoms with Crippen LogP contribution in [0.4, 0.5) is 0 Å². The topological polar surface area (TPSA) is 32.3 Å². The lowest BCUT2D eigenvalue weighted by Crippen LogP contribution is -2.40. The summed E-state index contributed by atoms with van der Waals surface area (Å²) in [6, 6.07) is 0.814. The molecule has 0 radical (unpaired) electrons. The Kier molecular flexibility index (Phi) is 5.83. The summed E-state index contributed by atoms with van der Waals surface area (Å²) in [6.07, 6.45) is 8.36. The van der Waals surface area contributed by atoms with E-state index in [2.05, 4.69) is 26.9 Å². The van der Waals surface area contributed by atoms with Crippen LogP contribution in [0.5, 0.6) is 0 Å². The van der Waals surface area contributed by atoms with E-state index in [0.717, 1.165) is 23.5 Å². The number of piperidine rings is 2. The Morgan fingerprint density at radius 1 is 1.09 bits per heavy atom. The first-order chi connectivity index (χ1) is 10.7. The molecule has 0 saturated carbocycles. The molecule has 3 heterocycles. The van der Waals surface area contributed by atoms with Crippen molar-refractivity contribution in [3.63, 3.8) is 0 Å². The number of hydrogen-bond donors (Lipinski definition) is 0. The maximum absolute atomic E-state index is 4.25. The van der Waals surface area contributed by atoms with Gasteiger partial charge in [-0.05, 0) is 78.0 Å². The predicted molar refractivity (Wildman–Crippen MR) is 92.2 cm³/mol. The lowest BCUT2D eigenvalue weighted by molar-refractivity contribution is 0.126. The Labute approximate surface area is 138 Å². The maximum Gasteiger partial charge on any atom is 0.131 e. The fraction of sp³-hybridized carbons (Fsp3) is 0.882. The van der Waals surface area contributed by atoms with Gasteiger partial charge in [-0.2, -0.15) is 0 Å². The predicted octanol–water partition coefficient (Wildman–Crippen LogP) is 3.32. The number of hydrogen-bond acceptors (Lipinski definition) is 5. The molecule has 3 rings (SSSR count). The molecule has 0 amide bonds. The molecule has 0 aromatic carbocycles. The first-order valence-corrected chi connectivity index (χ1v) is 9.78. The molecule has 0 spiro atoms. The summed E-state index contributed by atoms with van der Waals surface area (Å²) in [5.74, 6) is 0.932. The third-order valence-electron chi connectivity index (χ3n) is 5.40. The van der Waals surface area contributed by atoms with Crippen LogP contribution in [0.3, 0.4) is 0 Å². The minimum absolute atomic E-state index is 0.814. The van der Waals surface area contributed by atoms with Crippen LogP contribution in [0.2, 0.25) is 0 Å². The summed E-state index contributed by atoms with van der Waals surface area (Å²) in [5.41, 5.74) is 0. The Hall–Kier alpha value is -0.520. The molecule has 22 heavy (non-hydrogen) atoms. The van der Waals surface area contributed by atoms with Crippen molar-refractivity contribution in [2.75, 3.05) is 26.2 Å². The highest BCUT2D eigenvalue weighted by Crippen LogP contribution is 2.24. The van der Waals surface area contributed by atoms with Crippen LogP contribution in [0.1, 0.15) is 55.5 Å². The molecule has 124 valence electrons. The van der Waals surface area contributed by atoms with E-state index in [1.54, 1.807) is 11.3 Å². The molecule has 0 aliphatic carbocycles. The lowest BCUT2D eigenvalue weighted by atomic mass is 9.92. The average molecular weight is 323 g/mol. The number of rotatable bonds is 5. The van der Waals surface area contributed by atoms with Crippen molar-refractivity contribution in [1.29, 1.82) is 0 Å². The van der Waals surface area contributed by atoms with Gasteiger partial charge in [0.25, 0.3) is 0 Å². The highest BCUT2D eigenvalue weighted by molar-refractivity contribution is 7.11. The Morgan fingerprint density at radius 3 is 2.59 bits per heavy atom. The summed E-state index contributed by atoms with van der Waals surface area (Å²) in [4.78, 5) is 5.28. The molecule has 1 unspecified atom stereocenters. The van der Waals surface area contributed by atoms with Crippen molar-refractivity contribution >= 4 is 11.3 Å². The molecular weight excluding hydrogens is 292 g/mol. The molecule has 2 aliphatic rings. The van der Waals surface area contributed by atoms with Crippen molar-refractivity contribution in [3.8, 4) is 0 Å². The normalized spacial score (nSPS) is 25.6. The second-order valence-electron chi connectivity index (χ2n) is 7.10. The van der Waals surface area contributed by atoms with Gasteiger partial charge in [0, 0.05) is 6.04 Å². The molecule has 2 fully saturated rings. The molecule has 2 aliphatic heterocycles. The largest absolute Gasteiger partial charge is 0.301 e. The minimum atomic E-state index is 0.814. The van der Waals surface area contributed by atoms with E-state index in [-0.39, 0.29) is 0 Å². The first-order valence-electron chi connectivity index (χ1n) is 8.96. The van der Waals surface area contributed by atoms with Crippen molar-refractivity contribution in [3.05, 3.63) is 10.0 Å². The van der Waals surface area contributed by atoms with E-state index in [1.807, 2.05) is 6.92 Å². The van der Waals surface area contributed by atoms with Crippen LogP contribution >= 0.6 is 11.3 Å². The fourth-order valence-electron chi connectivity index (χ4n) is 3.86. The van der Waals surface area contributed by atoms with E-state index in [0.29, 0.717) is 0 Å². The second-order valence-corrected chi connectivity index (χ2v) is 8.37. The van der Waals surface area contributed by atoms with E-state index in [4.69, 9.17) is 0 Å². The maximum atomic E-state index is 4.25. The van der Waals surface area contributed by atoms with Crippen LogP contribution in [0.15, 0.2) is 0 Å². The SMILES string of the molecule is Cc1nnc(CN2CCC(CCN3CCCCC3C)CC2)s1. The van der Waals surface area contributed by atoms with E-state index in [9.17, 15) is 0 Å². The first kappa shape index (κ1) is 16.3. The van der Waals surface area contributed by atoms with Crippen molar-refractivity contribution in [2.45, 2.75) is 65.0 Å². The molecule has 2 saturated heterocycles. The summed E-state index contributed by atoms with van der Waals surface area (Å²) in [7, 11) is 0. The molecule has 1 aromatic heterocycles. The summed E-state index contributed by atoms with van der Waals surface area (Å²) < 4.78 is 0. The average Bonchev–Trinajstić information content (AvgIpc) is 2.93. The quantitative estimate of drug-likeness (QED) is 0.832. The minimum Gasteiger partial charge on any atom is -0.301 e. The highest BCUT2D eigenvalue weighted by atomic mass is 32.1. The van der Waals surface area contributed by atoms with Crippen LogP contribution < -0.4 is 0 Å². The van der Waals surface area contributed by atoms with Crippen molar-refractivity contribution in [2.24, 2.45) is 5.92 Å². The molecular formula is C17H30N4S. The standard InChI is InChI=1S/C17H30N4S/c1-14-5-3-4-9-21(14)12-8-16-6-10-20(11-7-16)13-17-19-18-15(2)22-17/h14,16H,3-13H2,1-2H3. The zero-order valence-corrected chi connectivity index (χ0v) is 14.9. The van der Waals surface area contributed by atoms with Crippen LogP contribution in [-0.4, -0.2) is 52.2 Å². The van der Waals surface area contributed by atoms with Crippen molar-refractivity contribution in [1.82, 2.24) is 20.0 Å². The van der Waals surface area contributed by atoms with Crippen LogP contribution in [0, 0.1) is 12.8 Å². The molecule has 0 bridgehead atoms. The van der Waals surface area contributed by atoms with E-state index >= 15 is 0 Å². The van der Waals surface area contributed by atoms with E-state index < -0.39 is 0 Å². The smallest absolute Gasteiger partial charge is 0.131 e. The van der Waals surface area contributed by atoms with Crippen molar-refractivity contribution < 1.29 is 0 Å². The third-order valence-corrected chi connectivity index (χ3v) is 6.22. The van der Waals surface area contributed by atoms with Crippen LogP contribution in [0.25, 0.3) is 0 Å². The fourth-order valence-corrected chi connectivity index (χ4v) is 4.62. The molecule has 1 aromatic rings. The van der Waals surface area contributed by atoms with Gasteiger partial charge in [0.05, 0.1) is 6.54 Å². The Bertz CT molecular complexity index is 453. The van der Waals surface area contributed by atoms with Gasteiger partial charge < -0.3 is 4.90 Å². The number of likely N-dealkylation sites (tertiary alicyclic amines) is 2. The van der Waals surface area contributed by atoms with Gasteiger partial charge in [-0.3, -0.25) is 4.90 Å². The second kappa shape index (κ2) is 7.84. The van der Waals surface area contributed by atoms with Gasteiger partial charge in [0.1, 0.15) is 10.0 Å². The van der Waals surface area contributed by atoms with Gasteiger partial charge in [-0.15, -0.1) is 21.5 Å². The number of nitrogens with zero attached hydrogens (tertiary/aromatic N) is 4. The Balaban J connectivity index is 1.36. The monoisotopic (exact) mass is 322 g/mol. The highest BCUT2D eigenvalue weighted by Gasteiger charge is 2.23. The molecule has 5 heteroatoms. The van der Waals surface area contributed by atoms with E-state index in [1.165, 1.54) is 69.7 Å². The summed E-state index contributed by atoms with van der Waals surface area (Å²) >= 11 is 1.74. The molecule has 1 atom stereocenters. The summed E-state index contributed by atoms with van der Waals surface area (Å²) in [5, 5.41) is 10.6.